The van der Waals surface area contributed by atoms with Gasteiger partial charge in [-0.2, -0.15) is 0 Å². The zero-order chi connectivity index (χ0) is 21.7. The number of aromatic nitrogens is 1. The number of hydrogen-bond acceptors (Lipinski definition) is 2. The van der Waals surface area contributed by atoms with E-state index in [4.69, 9.17) is 0 Å². The first kappa shape index (κ1) is 20.1. The smallest absolute Gasteiger partial charge is 0.115 e. The van der Waals surface area contributed by atoms with Crippen molar-refractivity contribution in [3.63, 3.8) is 0 Å². The number of rotatable bonds is 3. The molecule has 6 rings (SSSR count). The summed E-state index contributed by atoms with van der Waals surface area (Å²) < 4.78 is 1.18. The first-order valence-electron chi connectivity index (χ1n) is 11.5. The zero-order valence-electron chi connectivity index (χ0n) is 18.0. The molecule has 0 spiro atoms. The van der Waals surface area contributed by atoms with Gasteiger partial charge in [-0.3, -0.25) is 4.90 Å². The molecule has 1 saturated heterocycles. The van der Waals surface area contributed by atoms with Crippen LogP contribution in [0.3, 0.4) is 0 Å². The highest BCUT2D eigenvalue weighted by Crippen LogP contribution is 2.50. The van der Waals surface area contributed by atoms with Crippen molar-refractivity contribution >= 4 is 26.8 Å². The lowest BCUT2D eigenvalue weighted by molar-refractivity contribution is 0.0765. The van der Waals surface area contributed by atoms with E-state index in [2.05, 4.69) is 80.4 Å². The molecule has 2 N–H and O–H groups in total. The minimum Gasteiger partial charge on any atom is -0.508 e. The number of H-pyrrole nitrogens is 1. The first-order chi connectivity index (χ1) is 15.6. The topological polar surface area (TPSA) is 39.3 Å². The third-order valence-corrected chi connectivity index (χ3v) is 8.37. The van der Waals surface area contributed by atoms with E-state index in [9.17, 15) is 5.11 Å². The summed E-state index contributed by atoms with van der Waals surface area (Å²) in [4.78, 5) is 6.36. The van der Waals surface area contributed by atoms with Gasteiger partial charge in [0.05, 0.1) is 0 Å². The lowest BCUT2D eigenvalue weighted by atomic mass is 9.58. The molecule has 4 aromatic rings. The quantitative estimate of drug-likeness (QED) is 0.362. The molecule has 1 aromatic heterocycles. The molecule has 0 radical (unpaired) electrons. The van der Waals surface area contributed by atoms with Gasteiger partial charge in [-0.1, -0.05) is 64.5 Å². The van der Waals surface area contributed by atoms with Crippen LogP contribution in [0, 0.1) is 5.92 Å². The van der Waals surface area contributed by atoms with Crippen molar-refractivity contribution in [1.82, 2.24) is 9.88 Å². The Bertz CT molecular complexity index is 1280. The van der Waals surface area contributed by atoms with Crippen LogP contribution in [0.5, 0.6) is 5.75 Å². The van der Waals surface area contributed by atoms with E-state index >= 15 is 0 Å². The van der Waals surface area contributed by atoms with Crippen molar-refractivity contribution < 1.29 is 5.11 Å². The minimum absolute atomic E-state index is 0.0479. The highest BCUT2D eigenvalue weighted by atomic mass is 79.9. The molecule has 2 atom stereocenters. The van der Waals surface area contributed by atoms with Crippen LogP contribution in [-0.2, 0) is 24.8 Å². The molecule has 2 aliphatic rings. The van der Waals surface area contributed by atoms with Gasteiger partial charge < -0.3 is 10.1 Å². The summed E-state index contributed by atoms with van der Waals surface area (Å²) in [5.41, 5.74) is 6.76. The van der Waals surface area contributed by atoms with E-state index in [0.717, 1.165) is 38.9 Å². The Kier molecular flexibility index (Phi) is 4.89. The summed E-state index contributed by atoms with van der Waals surface area (Å²) >= 11 is 3.80. The third kappa shape index (κ3) is 3.28. The van der Waals surface area contributed by atoms with Crippen molar-refractivity contribution in [2.24, 2.45) is 5.92 Å². The van der Waals surface area contributed by atoms with E-state index in [1.807, 2.05) is 12.1 Å². The molecular weight excluding hydrogens is 460 g/mol. The number of halogens is 1. The van der Waals surface area contributed by atoms with Gasteiger partial charge >= 0.3 is 0 Å². The van der Waals surface area contributed by atoms with Crippen LogP contribution in [-0.4, -0.2) is 28.1 Å². The Labute approximate surface area is 197 Å². The number of nitrogens with zero attached hydrogens (tertiary/aromatic N) is 1. The molecule has 0 bridgehead atoms. The van der Waals surface area contributed by atoms with Gasteiger partial charge in [-0.25, -0.2) is 0 Å². The molecule has 0 saturated carbocycles. The molecule has 1 fully saturated rings. The third-order valence-electron chi connectivity index (χ3n) is 7.71. The number of nitrogens with one attached hydrogen (secondary N) is 1. The average molecular weight is 487 g/mol. The van der Waals surface area contributed by atoms with Crippen molar-refractivity contribution in [3.05, 3.63) is 99.7 Å². The van der Waals surface area contributed by atoms with Crippen molar-refractivity contribution in [2.75, 3.05) is 13.1 Å². The second-order valence-corrected chi connectivity index (χ2v) is 10.4. The van der Waals surface area contributed by atoms with Gasteiger partial charge in [-0.15, -0.1) is 0 Å². The number of aromatic amines is 1. The van der Waals surface area contributed by atoms with Gasteiger partial charge in [0.15, 0.2) is 0 Å². The molecule has 0 amide bonds. The van der Waals surface area contributed by atoms with Crippen LogP contribution >= 0.6 is 15.9 Å². The predicted molar refractivity (Wildman–Crippen MR) is 133 cm³/mol. The van der Waals surface area contributed by atoms with Crippen LogP contribution in [0.25, 0.3) is 10.9 Å². The predicted octanol–water partition coefficient (Wildman–Crippen LogP) is 6.19. The van der Waals surface area contributed by atoms with Crippen molar-refractivity contribution in [3.8, 4) is 5.75 Å². The highest BCUT2D eigenvalue weighted by molar-refractivity contribution is 9.10. The van der Waals surface area contributed by atoms with E-state index in [1.54, 1.807) is 6.07 Å². The van der Waals surface area contributed by atoms with Crippen LogP contribution in [0.15, 0.2) is 77.3 Å². The van der Waals surface area contributed by atoms with Crippen LogP contribution in [0.1, 0.15) is 28.8 Å². The van der Waals surface area contributed by atoms with Crippen molar-refractivity contribution in [1.29, 1.82) is 0 Å². The minimum atomic E-state index is 0.0479. The summed E-state index contributed by atoms with van der Waals surface area (Å²) in [6.07, 6.45) is 3.15. The summed E-state index contributed by atoms with van der Waals surface area (Å²) in [6.45, 7) is 3.14. The summed E-state index contributed by atoms with van der Waals surface area (Å²) in [6, 6.07) is 25.3. The maximum Gasteiger partial charge on any atom is 0.115 e. The lowest BCUT2D eigenvalue weighted by Crippen LogP contribution is -2.53. The van der Waals surface area contributed by atoms with Crippen LogP contribution in [0.4, 0.5) is 0 Å². The van der Waals surface area contributed by atoms with E-state index in [-0.39, 0.29) is 5.41 Å². The van der Waals surface area contributed by atoms with E-state index < -0.39 is 0 Å². The van der Waals surface area contributed by atoms with Gasteiger partial charge in [-0.05, 0) is 72.7 Å². The number of hydrogen-bond donors (Lipinski definition) is 2. The SMILES string of the molecule is Oc1cccc(C23CCN(Cc4ccccc4)CC2Cc2c([nH]c4cccc(Br)c24)C3)c1. The molecule has 1 aliphatic carbocycles. The number of piperidine rings is 1. The normalized spacial score (nSPS) is 23.1. The Hall–Kier alpha value is -2.56. The number of benzene rings is 3. The maximum atomic E-state index is 10.3. The van der Waals surface area contributed by atoms with Gasteiger partial charge in [0.2, 0.25) is 0 Å². The second kappa shape index (κ2) is 7.79. The fourth-order valence-electron chi connectivity index (χ4n) is 6.18. The summed E-state index contributed by atoms with van der Waals surface area (Å²) in [7, 11) is 0. The fraction of sp³-hybridized carbons (Fsp3) is 0.286. The number of likely N-dealkylation sites (tertiary alicyclic amines) is 1. The first-order valence-corrected chi connectivity index (χ1v) is 12.3. The number of phenolic OH excluding ortho intramolecular Hbond substituents is 1. The largest absolute Gasteiger partial charge is 0.508 e. The molecule has 4 heteroatoms. The summed E-state index contributed by atoms with van der Waals surface area (Å²) in [5.74, 6) is 0.868. The zero-order valence-corrected chi connectivity index (χ0v) is 19.6. The van der Waals surface area contributed by atoms with Gasteiger partial charge in [0.1, 0.15) is 5.75 Å². The number of phenols is 1. The molecule has 162 valence electrons. The molecule has 32 heavy (non-hydrogen) atoms. The monoisotopic (exact) mass is 486 g/mol. The Morgan fingerprint density at radius 1 is 1.03 bits per heavy atom. The maximum absolute atomic E-state index is 10.3. The second-order valence-electron chi connectivity index (χ2n) is 9.50. The number of fused-ring (bicyclic) bond motifs is 4. The average Bonchev–Trinajstić information content (AvgIpc) is 3.16. The van der Waals surface area contributed by atoms with Gasteiger partial charge in [0, 0.05) is 39.6 Å². The van der Waals surface area contributed by atoms with Gasteiger partial charge in [0.25, 0.3) is 0 Å². The van der Waals surface area contributed by atoms with E-state index in [1.165, 1.54) is 37.8 Å². The molecule has 2 unspecified atom stereocenters. The number of aromatic hydroxyl groups is 1. The Balaban J connectivity index is 1.42. The highest BCUT2D eigenvalue weighted by Gasteiger charge is 2.48. The standard InChI is InChI=1S/C28H27BrN2O/c29-24-10-5-11-25-27(24)23-15-21-18-31(17-19-6-2-1-3-7-19)13-12-28(21,16-26(23)30-25)20-8-4-9-22(32)14-20/h1-11,14,21,30,32H,12-13,15-18H2. The molecule has 3 aromatic carbocycles. The molecule has 2 heterocycles. The lowest BCUT2D eigenvalue weighted by Gasteiger charge is -2.51. The summed E-state index contributed by atoms with van der Waals surface area (Å²) in [5, 5.41) is 11.6. The molecular formula is C28H27BrN2O. The van der Waals surface area contributed by atoms with Crippen molar-refractivity contribution in [2.45, 2.75) is 31.2 Å². The van der Waals surface area contributed by atoms with Crippen LogP contribution in [0.2, 0.25) is 0 Å². The van der Waals surface area contributed by atoms with E-state index in [0.29, 0.717) is 11.7 Å². The molecule has 1 aliphatic heterocycles. The fourth-order valence-corrected chi connectivity index (χ4v) is 6.78. The molecule has 3 nitrogen and oxygen atoms in total. The van der Waals surface area contributed by atoms with Crippen LogP contribution < -0.4 is 0 Å². The Morgan fingerprint density at radius 2 is 1.88 bits per heavy atom. The Morgan fingerprint density at radius 3 is 2.72 bits per heavy atom.